The first-order valence-electron chi connectivity index (χ1n) is 6.24. The number of sulfonamides is 1. The maximum Gasteiger partial charge on any atom is 0.244 e. The summed E-state index contributed by atoms with van der Waals surface area (Å²) in [5.41, 5.74) is 5.82. The zero-order chi connectivity index (χ0) is 13.6. The van der Waals surface area contributed by atoms with Crippen molar-refractivity contribution in [2.24, 2.45) is 5.73 Å². The van der Waals surface area contributed by atoms with Crippen LogP contribution in [0.4, 0.5) is 0 Å². The molecule has 3 rings (SSSR count). The van der Waals surface area contributed by atoms with E-state index in [0.29, 0.717) is 18.0 Å². The molecule has 2 aromatic rings. The maximum atomic E-state index is 12.8. The van der Waals surface area contributed by atoms with Gasteiger partial charge in [-0.3, -0.25) is 0 Å². The van der Waals surface area contributed by atoms with Crippen LogP contribution in [0.1, 0.15) is 11.3 Å². The Labute approximate surface area is 129 Å². The van der Waals surface area contributed by atoms with Crippen LogP contribution in [0.3, 0.4) is 0 Å². The van der Waals surface area contributed by atoms with Crippen molar-refractivity contribution in [3.8, 4) is 0 Å². The molecule has 0 radical (unpaired) electrons. The van der Waals surface area contributed by atoms with E-state index in [0.717, 1.165) is 21.4 Å². The van der Waals surface area contributed by atoms with Crippen LogP contribution in [-0.4, -0.2) is 31.9 Å². The summed E-state index contributed by atoms with van der Waals surface area (Å²) in [6, 6.07) is 7.60. The van der Waals surface area contributed by atoms with Crippen molar-refractivity contribution in [1.29, 1.82) is 0 Å². The van der Waals surface area contributed by atoms with Gasteiger partial charge in [-0.25, -0.2) is 8.42 Å². The van der Waals surface area contributed by atoms with E-state index >= 15 is 0 Å². The maximum absolute atomic E-state index is 12.8. The smallest absolute Gasteiger partial charge is 0.244 e. The predicted molar refractivity (Wildman–Crippen MR) is 85.2 cm³/mol. The highest BCUT2D eigenvalue weighted by Crippen LogP contribution is 2.36. The molecule has 1 atom stereocenters. The molecule has 1 saturated heterocycles. The monoisotopic (exact) mass is 332 g/mol. The van der Waals surface area contributed by atoms with Crippen LogP contribution in [0.5, 0.6) is 0 Å². The summed E-state index contributed by atoms with van der Waals surface area (Å²) < 4.78 is 28.0. The molecule has 1 aliphatic heterocycles. The number of halogens is 1. The van der Waals surface area contributed by atoms with Gasteiger partial charge in [-0.1, -0.05) is 18.2 Å². The fraction of sp³-hybridized carbons (Fsp3) is 0.385. The molecular weight excluding hydrogens is 316 g/mol. The van der Waals surface area contributed by atoms with E-state index in [4.69, 9.17) is 5.73 Å². The molecule has 0 unspecified atom stereocenters. The van der Waals surface area contributed by atoms with Crippen molar-refractivity contribution in [1.82, 2.24) is 4.31 Å². The van der Waals surface area contributed by atoms with E-state index in [1.807, 2.05) is 31.2 Å². The topological polar surface area (TPSA) is 63.4 Å². The molecule has 2 heterocycles. The van der Waals surface area contributed by atoms with Crippen molar-refractivity contribution in [2.45, 2.75) is 24.3 Å². The van der Waals surface area contributed by atoms with Gasteiger partial charge in [-0.05, 0) is 19.4 Å². The van der Waals surface area contributed by atoms with Crippen LogP contribution in [0.2, 0.25) is 0 Å². The molecular formula is C13H17ClN2O2S2. The van der Waals surface area contributed by atoms with E-state index < -0.39 is 10.0 Å². The van der Waals surface area contributed by atoms with Crippen LogP contribution in [0.15, 0.2) is 29.2 Å². The van der Waals surface area contributed by atoms with E-state index in [9.17, 15) is 8.42 Å². The highest BCUT2D eigenvalue weighted by molar-refractivity contribution is 7.89. The third-order valence-corrected chi connectivity index (χ3v) is 6.77. The quantitative estimate of drug-likeness (QED) is 0.918. The fourth-order valence-corrected chi connectivity index (χ4v) is 5.84. The van der Waals surface area contributed by atoms with Crippen molar-refractivity contribution < 1.29 is 8.42 Å². The second-order valence-electron chi connectivity index (χ2n) is 4.90. The van der Waals surface area contributed by atoms with E-state index in [1.165, 1.54) is 15.6 Å². The van der Waals surface area contributed by atoms with Gasteiger partial charge in [0.25, 0.3) is 0 Å². The van der Waals surface area contributed by atoms with Crippen molar-refractivity contribution in [3.63, 3.8) is 0 Å². The van der Waals surface area contributed by atoms with Gasteiger partial charge in [0.05, 0.1) is 0 Å². The minimum atomic E-state index is -3.42. The molecule has 0 amide bonds. The summed E-state index contributed by atoms with van der Waals surface area (Å²) in [4.78, 5) is 1.31. The van der Waals surface area contributed by atoms with E-state index in [1.54, 1.807) is 0 Å². The molecule has 1 aliphatic rings. The zero-order valence-corrected chi connectivity index (χ0v) is 13.5. The average molecular weight is 333 g/mol. The lowest BCUT2D eigenvalue weighted by Crippen LogP contribution is -2.32. The molecule has 1 fully saturated rings. The van der Waals surface area contributed by atoms with Gasteiger partial charge < -0.3 is 5.73 Å². The first-order chi connectivity index (χ1) is 9.00. The van der Waals surface area contributed by atoms with Crippen LogP contribution in [0, 0.1) is 6.92 Å². The standard InChI is InChI=1S/C13H16N2O2S2.ClH/c1-9-13(11-4-2-3-5-12(11)18-9)19(16,17)15-7-6-10(14)8-15;/h2-5,10H,6-8,14H2,1H3;1H/t10-;/m1./s1. The van der Waals surface area contributed by atoms with Gasteiger partial charge in [0.15, 0.2) is 0 Å². The Kier molecular flexibility index (Phi) is 4.41. The van der Waals surface area contributed by atoms with Gasteiger partial charge in [0, 0.05) is 34.1 Å². The number of hydrogen-bond donors (Lipinski definition) is 1. The number of aryl methyl sites for hydroxylation is 1. The summed E-state index contributed by atoms with van der Waals surface area (Å²) in [5.74, 6) is 0. The second-order valence-corrected chi connectivity index (χ2v) is 8.03. The lowest BCUT2D eigenvalue weighted by atomic mass is 10.2. The lowest BCUT2D eigenvalue weighted by molar-refractivity contribution is 0.473. The average Bonchev–Trinajstić information content (AvgIpc) is 2.92. The van der Waals surface area contributed by atoms with Crippen molar-refractivity contribution >= 4 is 43.9 Å². The number of hydrogen-bond acceptors (Lipinski definition) is 4. The molecule has 4 nitrogen and oxygen atoms in total. The molecule has 2 N–H and O–H groups in total. The molecule has 0 bridgehead atoms. The van der Waals surface area contributed by atoms with Gasteiger partial charge >= 0.3 is 0 Å². The Hall–Kier alpha value is -0.660. The van der Waals surface area contributed by atoms with Crippen LogP contribution in [0.25, 0.3) is 10.1 Å². The number of benzene rings is 1. The summed E-state index contributed by atoms with van der Waals surface area (Å²) in [5, 5.41) is 0.825. The second kappa shape index (κ2) is 5.61. The van der Waals surface area contributed by atoms with Gasteiger partial charge in [0.2, 0.25) is 10.0 Å². The van der Waals surface area contributed by atoms with E-state index in [-0.39, 0.29) is 18.4 Å². The van der Waals surface area contributed by atoms with Crippen LogP contribution >= 0.6 is 23.7 Å². The summed E-state index contributed by atoms with van der Waals surface area (Å²) in [6.45, 7) is 2.81. The zero-order valence-electron chi connectivity index (χ0n) is 11.1. The Morgan fingerprint density at radius 1 is 1.35 bits per heavy atom. The van der Waals surface area contributed by atoms with Gasteiger partial charge in [-0.2, -0.15) is 4.31 Å². The Morgan fingerprint density at radius 3 is 2.70 bits per heavy atom. The Bertz CT molecular complexity index is 727. The molecule has 0 aliphatic carbocycles. The van der Waals surface area contributed by atoms with Crippen LogP contribution in [-0.2, 0) is 10.0 Å². The SMILES string of the molecule is Cc1sc2ccccc2c1S(=O)(=O)N1CC[C@@H](N)C1.Cl. The number of fused-ring (bicyclic) bond motifs is 1. The fourth-order valence-electron chi connectivity index (χ4n) is 2.57. The lowest BCUT2D eigenvalue weighted by Gasteiger charge is -2.16. The van der Waals surface area contributed by atoms with E-state index in [2.05, 4.69) is 0 Å². The Morgan fingerprint density at radius 2 is 2.05 bits per heavy atom. The summed E-state index contributed by atoms with van der Waals surface area (Å²) in [6.07, 6.45) is 0.736. The molecule has 0 spiro atoms. The molecule has 0 saturated carbocycles. The van der Waals surface area contributed by atoms with Crippen LogP contribution < -0.4 is 5.73 Å². The number of nitrogens with zero attached hydrogens (tertiary/aromatic N) is 1. The molecule has 1 aromatic heterocycles. The highest BCUT2D eigenvalue weighted by atomic mass is 35.5. The molecule has 20 heavy (non-hydrogen) atoms. The number of rotatable bonds is 2. The van der Waals surface area contributed by atoms with Gasteiger partial charge in [0.1, 0.15) is 4.90 Å². The summed E-state index contributed by atoms with van der Waals surface area (Å²) >= 11 is 1.53. The van der Waals surface area contributed by atoms with Crippen molar-refractivity contribution in [3.05, 3.63) is 29.1 Å². The molecule has 110 valence electrons. The molecule has 1 aromatic carbocycles. The minimum Gasteiger partial charge on any atom is -0.326 e. The third-order valence-electron chi connectivity index (χ3n) is 3.50. The first-order valence-corrected chi connectivity index (χ1v) is 8.49. The Balaban J connectivity index is 0.00000147. The number of nitrogens with two attached hydrogens (primary N) is 1. The normalized spacial score (nSPS) is 20.2. The molecule has 7 heteroatoms. The highest BCUT2D eigenvalue weighted by Gasteiger charge is 2.33. The summed E-state index contributed by atoms with van der Waals surface area (Å²) in [7, 11) is -3.42. The largest absolute Gasteiger partial charge is 0.326 e. The number of thiophene rings is 1. The predicted octanol–water partition coefficient (Wildman–Crippen LogP) is 2.35. The third kappa shape index (κ3) is 2.46. The first kappa shape index (κ1) is 15.7. The van der Waals surface area contributed by atoms with Crippen molar-refractivity contribution in [2.75, 3.05) is 13.1 Å². The van der Waals surface area contributed by atoms with Gasteiger partial charge in [-0.15, -0.1) is 23.7 Å². The minimum absolute atomic E-state index is 0.